The summed E-state index contributed by atoms with van der Waals surface area (Å²) in [5.74, 6) is -0.135. The van der Waals surface area contributed by atoms with Crippen LogP contribution in [0.5, 0.6) is 0 Å². The summed E-state index contributed by atoms with van der Waals surface area (Å²) in [6.07, 6.45) is 2.23. The number of nitrogens with zero attached hydrogens (tertiary/aromatic N) is 1. The van der Waals surface area contributed by atoms with E-state index in [9.17, 15) is 4.39 Å². The van der Waals surface area contributed by atoms with Gasteiger partial charge in [-0.15, -0.1) is 0 Å². The van der Waals surface area contributed by atoms with E-state index < -0.39 is 0 Å². The van der Waals surface area contributed by atoms with Crippen LogP contribution < -0.4 is 5.73 Å². The van der Waals surface area contributed by atoms with Crippen LogP contribution in [0.3, 0.4) is 0 Å². The van der Waals surface area contributed by atoms with Crippen molar-refractivity contribution in [3.05, 3.63) is 70.5 Å². The molecule has 0 saturated carbocycles. The number of benzene rings is 2. The summed E-state index contributed by atoms with van der Waals surface area (Å²) in [7, 11) is 0. The van der Waals surface area contributed by atoms with Crippen molar-refractivity contribution in [1.29, 1.82) is 0 Å². The lowest BCUT2D eigenvalue weighted by Gasteiger charge is -2.21. The van der Waals surface area contributed by atoms with E-state index in [2.05, 4.69) is 29.2 Å². The quantitative estimate of drug-likeness (QED) is 0.937. The molecule has 1 heterocycles. The minimum Gasteiger partial charge on any atom is -0.326 e. The Morgan fingerprint density at radius 3 is 2.71 bits per heavy atom. The molecule has 2 aromatic carbocycles. The Labute approximate surface area is 125 Å². The Kier molecular flexibility index (Phi) is 4.32. The Morgan fingerprint density at radius 2 is 1.90 bits per heavy atom. The highest BCUT2D eigenvalue weighted by molar-refractivity contribution is 5.29. The number of hydrogen-bond donors (Lipinski definition) is 1. The predicted molar refractivity (Wildman–Crippen MR) is 83.2 cm³/mol. The molecule has 3 rings (SSSR count). The molecule has 0 fully saturated rings. The van der Waals surface area contributed by atoms with Crippen LogP contribution in [0.25, 0.3) is 0 Å². The van der Waals surface area contributed by atoms with Gasteiger partial charge in [-0.05, 0) is 42.1 Å². The molecule has 3 heteroatoms. The van der Waals surface area contributed by atoms with Crippen molar-refractivity contribution in [1.82, 2.24) is 4.90 Å². The fourth-order valence-electron chi connectivity index (χ4n) is 3.02. The highest BCUT2D eigenvalue weighted by atomic mass is 19.1. The average molecular weight is 284 g/mol. The number of halogens is 1. The lowest BCUT2D eigenvalue weighted by Crippen LogP contribution is -2.23. The van der Waals surface area contributed by atoms with Crippen molar-refractivity contribution >= 4 is 0 Å². The first-order valence-corrected chi connectivity index (χ1v) is 7.53. The first-order valence-electron chi connectivity index (χ1n) is 7.53. The smallest absolute Gasteiger partial charge is 0.127 e. The van der Waals surface area contributed by atoms with Crippen molar-refractivity contribution < 1.29 is 4.39 Å². The number of hydrogen-bond acceptors (Lipinski definition) is 2. The third-order valence-electron chi connectivity index (χ3n) is 4.17. The van der Waals surface area contributed by atoms with Gasteiger partial charge in [-0.3, -0.25) is 4.90 Å². The Hall–Kier alpha value is -1.71. The van der Waals surface area contributed by atoms with Crippen LogP contribution in [-0.4, -0.2) is 11.4 Å². The number of fused-ring (bicyclic) bond motifs is 1. The number of nitrogens with two attached hydrogens (primary N) is 1. The van der Waals surface area contributed by atoms with Crippen molar-refractivity contribution in [2.45, 2.75) is 32.5 Å². The van der Waals surface area contributed by atoms with E-state index in [1.165, 1.54) is 17.2 Å². The lowest BCUT2D eigenvalue weighted by atomic mass is 10.0. The molecular weight excluding hydrogens is 263 g/mol. The van der Waals surface area contributed by atoms with Crippen LogP contribution in [0, 0.1) is 5.82 Å². The second kappa shape index (κ2) is 6.37. The van der Waals surface area contributed by atoms with Crippen LogP contribution in [0.4, 0.5) is 4.39 Å². The van der Waals surface area contributed by atoms with Crippen LogP contribution in [-0.2, 0) is 26.1 Å². The summed E-state index contributed by atoms with van der Waals surface area (Å²) < 4.78 is 14.0. The molecule has 0 saturated heterocycles. The highest BCUT2D eigenvalue weighted by Crippen LogP contribution is 2.21. The van der Waals surface area contributed by atoms with Gasteiger partial charge >= 0.3 is 0 Å². The second-order valence-corrected chi connectivity index (χ2v) is 5.71. The van der Waals surface area contributed by atoms with Crippen molar-refractivity contribution in [2.75, 3.05) is 6.54 Å². The summed E-state index contributed by atoms with van der Waals surface area (Å²) >= 11 is 0. The van der Waals surface area contributed by atoms with Gasteiger partial charge in [0.05, 0.1) is 0 Å². The van der Waals surface area contributed by atoms with Gasteiger partial charge < -0.3 is 5.73 Å². The third kappa shape index (κ3) is 3.31. The standard InChI is InChI=1S/C18H21FN2/c19-18-8-7-14(11-20)10-17(18)13-21-9-3-6-15-4-1-2-5-16(15)12-21/h1-2,4-5,7-8,10H,3,6,9,11-13,20H2. The van der Waals surface area contributed by atoms with E-state index in [0.717, 1.165) is 37.1 Å². The Bertz CT molecular complexity index is 624. The summed E-state index contributed by atoms with van der Waals surface area (Å²) in [6, 6.07) is 13.7. The molecule has 2 N–H and O–H groups in total. The Balaban J connectivity index is 1.79. The topological polar surface area (TPSA) is 29.3 Å². The maximum absolute atomic E-state index is 14.0. The number of aryl methyl sites for hydroxylation is 1. The molecular formula is C18H21FN2. The average Bonchev–Trinajstić information content (AvgIpc) is 2.71. The molecule has 0 unspecified atom stereocenters. The monoisotopic (exact) mass is 284 g/mol. The van der Waals surface area contributed by atoms with E-state index in [1.807, 2.05) is 6.07 Å². The van der Waals surface area contributed by atoms with Gasteiger partial charge in [0.15, 0.2) is 0 Å². The van der Waals surface area contributed by atoms with Gasteiger partial charge in [-0.25, -0.2) is 4.39 Å². The first kappa shape index (κ1) is 14.2. The molecule has 0 aliphatic carbocycles. The van der Waals surface area contributed by atoms with E-state index in [-0.39, 0.29) is 5.82 Å². The molecule has 2 aromatic rings. The second-order valence-electron chi connectivity index (χ2n) is 5.71. The predicted octanol–water partition coefficient (Wildman–Crippen LogP) is 3.23. The van der Waals surface area contributed by atoms with Crippen LogP contribution in [0.1, 0.15) is 28.7 Å². The van der Waals surface area contributed by atoms with Crippen LogP contribution >= 0.6 is 0 Å². The summed E-state index contributed by atoms with van der Waals surface area (Å²) in [6.45, 7) is 2.99. The lowest BCUT2D eigenvalue weighted by molar-refractivity contribution is 0.257. The zero-order valence-corrected chi connectivity index (χ0v) is 12.2. The molecule has 1 aliphatic heterocycles. The van der Waals surface area contributed by atoms with Gasteiger partial charge in [0.1, 0.15) is 5.82 Å². The van der Waals surface area contributed by atoms with Gasteiger partial charge in [0, 0.05) is 25.2 Å². The van der Waals surface area contributed by atoms with Crippen molar-refractivity contribution in [2.24, 2.45) is 5.73 Å². The number of rotatable bonds is 3. The van der Waals surface area contributed by atoms with Crippen molar-refractivity contribution in [3.8, 4) is 0 Å². The van der Waals surface area contributed by atoms with Crippen molar-refractivity contribution in [3.63, 3.8) is 0 Å². The fraction of sp³-hybridized carbons (Fsp3) is 0.333. The minimum absolute atomic E-state index is 0.135. The zero-order chi connectivity index (χ0) is 14.7. The Morgan fingerprint density at radius 1 is 1.10 bits per heavy atom. The van der Waals surface area contributed by atoms with Crippen LogP contribution in [0.15, 0.2) is 42.5 Å². The zero-order valence-electron chi connectivity index (χ0n) is 12.2. The summed E-state index contributed by atoms with van der Waals surface area (Å²) in [4.78, 5) is 2.32. The molecule has 0 aromatic heterocycles. The molecule has 0 spiro atoms. The van der Waals surface area contributed by atoms with E-state index in [4.69, 9.17) is 5.73 Å². The van der Waals surface area contributed by atoms with Crippen LogP contribution in [0.2, 0.25) is 0 Å². The van der Waals surface area contributed by atoms with E-state index in [0.29, 0.717) is 13.1 Å². The van der Waals surface area contributed by atoms with Gasteiger partial charge in [0.25, 0.3) is 0 Å². The molecule has 0 atom stereocenters. The summed E-state index contributed by atoms with van der Waals surface area (Å²) in [5, 5.41) is 0. The summed E-state index contributed by atoms with van der Waals surface area (Å²) in [5.41, 5.74) is 10.2. The van der Waals surface area contributed by atoms with E-state index in [1.54, 1.807) is 6.07 Å². The molecule has 1 aliphatic rings. The van der Waals surface area contributed by atoms with Gasteiger partial charge in [0.2, 0.25) is 0 Å². The maximum atomic E-state index is 14.0. The molecule has 21 heavy (non-hydrogen) atoms. The molecule has 2 nitrogen and oxygen atoms in total. The highest BCUT2D eigenvalue weighted by Gasteiger charge is 2.15. The fourth-order valence-corrected chi connectivity index (χ4v) is 3.02. The SMILES string of the molecule is NCc1ccc(F)c(CN2CCCc3ccccc3C2)c1. The maximum Gasteiger partial charge on any atom is 0.127 e. The minimum atomic E-state index is -0.135. The molecule has 0 bridgehead atoms. The van der Waals surface area contributed by atoms with Gasteiger partial charge in [-0.2, -0.15) is 0 Å². The largest absolute Gasteiger partial charge is 0.326 e. The normalized spacial score (nSPS) is 15.5. The van der Waals surface area contributed by atoms with Gasteiger partial charge in [-0.1, -0.05) is 36.4 Å². The third-order valence-corrected chi connectivity index (χ3v) is 4.17. The van der Waals surface area contributed by atoms with E-state index >= 15 is 0 Å². The molecule has 0 amide bonds. The molecule has 110 valence electrons. The first-order chi connectivity index (χ1) is 10.3. The molecule has 0 radical (unpaired) electrons.